The molecule has 0 fully saturated rings. The number of anilines is 1. The van der Waals surface area contributed by atoms with Crippen molar-refractivity contribution in [2.45, 2.75) is 12.1 Å². The van der Waals surface area contributed by atoms with E-state index in [9.17, 15) is 9.50 Å². The van der Waals surface area contributed by atoms with Crippen LogP contribution in [0.4, 0.5) is 10.1 Å². The standard InChI is InChI=1S/C18H17BrFN2OS/c19-14-4-8-16(9-5-14)21-12-18(23,13-2-6-15(20)7-3-13)22-10-1-11-24-17(21)22/h2-9,23H,1,10-12H2/q+1/t18-/m0/s1. The second-order valence-corrected chi connectivity index (χ2v) is 8.00. The lowest BCUT2D eigenvalue weighted by Gasteiger charge is -2.24. The molecule has 0 aromatic heterocycles. The summed E-state index contributed by atoms with van der Waals surface area (Å²) in [6.45, 7) is 1.23. The van der Waals surface area contributed by atoms with E-state index in [0.29, 0.717) is 6.54 Å². The molecule has 0 radical (unpaired) electrons. The number of nitrogens with zero attached hydrogens (tertiary/aromatic N) is 2. The molecule has 4 rings (SSSR count). The maximum absolute atomic E-state index is 13.3. The highest BCUT2D eigenvalue weighted by atomic mass is 79.9. The molecular weight excluding hydrogens is 391 g/mol. The zero-order chi connectivity index (χ0) is 16.7. The topological polar surface area (TPSA) is 26.5 Å². The lowest BCUT2D eigenvalue weighted by molar-refractivity contribution is -0.656. The van der Waals surface area contributed by atoms with Gasteiger partial charge in [0.05, 0.1) is 6.54 Å². The molecule has 124 valence electrons. The van der Waals surface area contributed by atoms with Crippen LogP contribution in [0.1, 0.15) is 12.0 Å². The summed E-state index contributed by atoms with van der Waals surface area (Å²) < 4.78 is 16.4. The minimum Gasteiger partial charge on any atom is -0.346 e. The molecule has 24 heavy (non-hydrogen) atoms. The average Bonchev–Trinajstić information content (AvgIpc) is 2.91. The Kier molecular flexibility index (Phi) is 4.14. The summed E-state index contributed by atoms with van der Waals surface area (Å²) in [6, 6.07) is 14.3. The SMILES string of the molecule is O[C@]1(c2ccc(F)cc2)CN(c2ccc(Br)cc2)C2=[N+]1CCCS2. The predicted octanol–water partition coefficient (Wildman–Crippen LogP) is 3.76. The smallest absolute Gasteiger partial charge is 0.316 e. The van der Waals surface area contributed by atoms with E-state index in [4.69, 9.17) is 0 Å². The average molecular weight is 408 g/mol. The Labute approximate surface area is 152 Å². The Morgan fingerprint density at radius 1 is 1.12 bits per heavy atom. The van der Waals surface area contributed by atoms with Gasteiger partial charge in [0.15, 0.2) is 6.54 Å². The van der Waals surface area contributed by atoms with Crippen LogP contribution in [0.25, 0.3) is 0 Å². The Hall–Kier alpha value is -1.37. The lowest BCUT2D eigenvalue weighted by Crippen LogP contribution is -2.41. The van der Waals surface area contributed by atoms with Crippen LogP contribution in [0.3, 0.4) is 0 Å². The highest BCUT2D eigenvalue weighted by molar-refractivity contribution is 9.10. The molecule has 2 aliphatic rings. The van der Waals surface area contributed by atoms with Gasteiger partial charge in [0.2, 0.25) is 0 Å². The zero-order valence-electron chi connectivity index (χ0n) is 13.0. The number of hydrogen-bond acceptors (Lipinski definition) is 3. The first-order valence-corrected chi connectivity index (χ1v) is 9.65. The number of aliphatic hydroxyl groups is 1. The largest absolute Gasteiger partial charge is 0.346 e. The molecule has 2 aromatic rings. The van der Waals surface area contributed by atoms with Gasteiger partial charge in [-0.3, -0.25) is 0 Å². The minimum atomic E-state index is -1.14. The second-order valence-electron chi connectivity index (χ2n) is 6.02. The fourth-order valence-electron chi connectivity index (χ4n) is 3.29. The Morgan fingerprint density at radius 2 is 1.83 bits per heavy atom. The summed E-state index contributed by atoms with van der Waals surface area (Å²) in [7, 11) is 0. The van der Waals surface area contributed by atoms with Crippen molar-refractivity contribution >= 4 is 38.5 Å². The van der Waals surface area contributed by atoms with Gasteiger partial charge in [0.25, 0.3) is 5.72 Å². The number of rotatable bonds is 2. The summed E-state index contributed by atoms with van der Waals surface area (Å²) in [5.41, 5.74) is 0.637. The highest BCUT2D eigenvalue weighted by Crippen LogP contribution is 2.37. The first-order chi connectivity index (χ1) is 11.6. The molecule has 1 atom stereocenters. The van der Waals surface area contributed by atoms with E-state index in [1.54, 1.807) is 23.9 Å². The Balaban J connectivity index is 1.78. The van der Waals surface area contributed by atoms with Crippen molar-refractivity contribution in [3.63, 3.8) is 0 Å². The van der Waals surface area contributed by atoms with Gasteiger partial charge in [-0.15, -0.1) is 0 Å². The number of hydrogen-bond donors (Lipinski definition) is 1. The van der Waals surface area contributed by atoms with Crippen LogP contribution in [0.15, 0.2) is 53.0 Å². The fourth-order valence-corrected chi connectivity index (χ4v) is 4.73. The molecule has 0 unspecified atom stereocenters. The van der Waals surface area contributed by atoms with Crippen LogP contribution in [0.2, 0.25) is 0 Å². The van der Waals surface area contributed by atoms with E-state index in [0.717, 1.165) is 39.6 Å². The molecule has 0 spiro atoms. The predicted molar refractivity (Wildman–Crippen MR) is 99.0 cm³/mol. The highest BCUT2D eigenvalue weighted by Gasteiger charge is 2.53. The van der Waals surface area contributed by atoms with E-state index in [2.05, 4.69) is 25.4 Å². The second kappa shape index (κ2) is 6.17. The molecule has 6 heteroatoms. The summed E-state index contributed by atoms with van der Waals surface area (Å²) in [5.74, 6) is 0.751. The van der Waals surface area contributed by atoms with Crippen molar-refractivity contribution in [3.8, 4) is 0 Å². The van der Waals surface area contributed by atoms with Gasteiger partial charge in [0.1, 0.15) is 11.5 Å². The van der Waals surface area contributed by atoms with Crippen LogP contribution in [-0.4, -0.2) is 33.7 Å². The van der Waals surface area contributed by atoms with Crippen molar-refractivity contribution in [2.75, 3.05) is 23.7 Å². The van der Waals surface area contributed by atoms with E-state index < -0.39 is 5.72 Å². The molecule has 2 aliphatic heterocycles. The number of benzene rings is 2. The molecule has 0 aliphatic carbocycles. The maximum atomic E-state index is 13.3. The normalized spacial score (nSPS) is 23.5. The monoisotopic (exact) mass is 407 g/mol. The summed E-state index contributed by atoms with van der Waals surface area (Å²) in [5, 5.41) is 12.5. The molecule has 0 amide bonds. The first-order valence-electron chi connectivity index (χ1n) is 7.87. The molecule has 0 saturated carbocycles. The number of β-amino-alcohol motifs (C(OH)–C–C–N with tert-alkyl or cyclic N) is 1. The molecule has 2 aromatic carbocycles. The number of thioether (sulfide) groups is 1. The van der Waals surface area contributed by atoms with E-state index >= 15 is 0 Å². The van der Waals surface area contributed by atoms with Crippen molar-refractivity contribution in [1.82, 2.24) is 0 Å². The van der Waals surface area contributed by atoms with Gasteiger partial charge < -0.3 is 5.11 Å². The number of halogens is 2. The summed E-state index contributed by atoms with van der Waals surface area (Å²) in [6.07, 6.45) is 1.02. The van der Waals surface area contributed by atoms with Crippen LogP contribution in [0, 0.1) is 5.82 Å². The minimum absolute atomic E-state index is 0.290. The quantitative estimate of drug-likeness (QED) is 0.767. The van der Waals surface area contributed by atoms with Gasteiger partial charge >= 0.3 is 5.17 Å². The Morgan fingerprint density at radius 3 is 2.54 bits per heavy atom. The van der Waals surface area contributed by atoms with E-state index in [-0.39, 0.29) is 5.82 Å². The van der Waals surface area contributed by atoms with Crippen molar-refractivity contribution in [2.24, 2.45) is 0 Å². The van der Waals surface area contributed by atoms with Crippen molar-refractivity contribution in [3.05, 3.63) is 64.4 Å². The fraction of sp³-hybridized carbons (Fsp3) is 0.278. The summed E-state index contributed by atoms with van der Waals surface area (Å²) >= 11 is 5.23. The first kappa shape index (κ1) is 16.1. The molecular formula is C18H17BrFN2OS+. The molecule has 0 bridgehead atoms. The third-order valence-electron chi connectivity index (χ3n) is 4.49. The van der Waals surface area contributed by atoms with E-state index in [1.165, 1.54) is 12.1 Å². The van der Waals surface area contributed by atoms with Gasteiger partial charge in [-0.25, -0.2) is 13.9 Å². The van der Waals surface area contributed by atoms with Gasteiger partial charge in [-0.1, -0.05) is 15.9 Å². The van der Waals surface area contributed by atoms with Gasteiger partial charge in [0, 0.05) is 15.8 Å². The van der Waals surface area contributed by atoms with Crippen LogP contribution >= 0.6 is 27.7 Å². The van der Waals surface area contributed by atoms with Crippen LogP contribution in [0.5, 0.6) is 0 Å². The molecule has 0 saturated heterocycles. The third-order valence-corrected chi connectivity index (χ3v) is 6.21. The summed E-state index contributed by atoms with van der Waals surface area (Å²) in [4.78, 5) is 2.15. The van der Waals surface area contributed by atoms with Gasteiger partial charge in [-0.05, 0) is 66.7 Å². The maximum Gasteiger partial charge on any atom is 0.316 e. The molecule has 2 heterocycles. The Bertz CT molecular complexity index is 794. The zero-order valence-corrected chi connectivity index (χ0v) is 15.4. The van der Waals surface area contributed by atoms with Crippen molar-refractivity contribution < 1.29 is 14.1 Å². The van der Waals surface area contributed by atoms with E-state index in [1.807, 2.05) is 24.3 Å². The number of amidine groups is 1. The van der Waals surface area contributed by atoms with Gasteiger partial charge in [-0.2, -0.15) is 0 Å². The van der Waals surface area contributed by atoms with Crippen molar-refractivity contribution in [1.29, 1.82) is 0 Å². The molecule has 1 N–H and O–H groups in total. The third kappa shape index (κ3) is 2.66. The molecule has 3 nitrogen and oxygen atoms in total. The lowest BCUT2D eigenvalue weighted by atomic mass is 10.0. The van der Waals surface area contributed by atoms with Crippen LogP contribution in [-0.2, 0) is 5.72 Å². The van der Waals surface area contributed by atoms with Crippen LogP contribution < -0.4 is 4.90 Å².